The number of carbonyl (C=O) groups is 1. The lowest BCUT2D eigenvalue weighted by Crippen LogP contribution is -2.15. The van der Waals surface area contributed by atoms with Crippen LogP contribution in [0.2, 0.25) is 0 Å². The van der Waals surface area contributed by atoms with Crippen LogP contribution >= 0.6 is 0 Å². The van der Waals surface area contributed by atoms with Crippen LogP contribution in [0, 0.1) is 0 Å². The van der Waals surface area contributed by atoms with Gasteiger partial charge in [0.05, 0.1) is 5.56 Å². The van der Waals surface area contributed by atoms with Gasteiger partial charge in [-0.1, -0.05) is 18.2 Å². The fourth-order valence-corrected chi connectivity index (χ4v) is 2.77. The van der Waals surface area contributed by atoms with Gasteiger partial charge in [-0.05, 0) is 60.2 Å². The van der Waals surface area contributed by atoms with Crippen LogP contribution in [0.5, 0.6) is 0 Å². The van der Waals surface area contributed by atoms with E-state index >= 15 is 0 Å². The number of fused-ring (bicyclic) bond motifs is 1. The quantitative estimate of drug-likeness (QED) is 0.784. The van der Waals surface area contributed by atoms with E-state index in [0.29, 0.717) is 6.42 Å². The molecule has 2 aromatic rings. The number of aryl methyl sites for hydroxylation is 1. The van der Waals surface area contributed by atoms with Crippen molar-refractivity contribution in [3.8, 4) is 11.1 Å². The van der Waals surface area contributed by atoms with Crippen LogP contribution in [0.4, 0.5) is 18.9 Å². The average Bonchev–Trinajstić information content (AvgIpc) is 2.50. The Morgan fingerprint density at radius 3 is 2.22 bits per heavy atom. The van der Waals surface area contributed by atoms with Gasteiger partial charge < -0.3 is 5.32 Å². The number of hydrogen-bond donors (Lipinski definition) is 1. The number of carbonyl (C=O) groups excluding carboxylic acids is 1. The number of benzene rings is 2. The zero-order chi connectivity index (χ0) is 16.4. The van der Waals surface area contributed by atoms with Crippen molar-refractivity contribution in [2.45, 2.75) is 31.9 Å². The molecule has 0 atom stereocenters. The first-order valence-electron chi connectivity index (χ1n) is 7.54. The molecule has 0 saturated carbocycles. The lowest BCUT2D eigenvalue weighted by atomic mass is 9.96. The third-order valence-corrected chi connectivity index (χ3v) is 4.02. The van der Waals surface area contributed by atoms with Crippen molar-refractivity contribution < 1.29 is 18.0 Å². The normalized spacial score (nSPS) is 15.3. The van der Waals surface area contributed by atoms with Crippen LogP contribution < -0.4 is 5.32 Å². The lowest BCUT2D eigenvalue weighted by molar-refractivity contribution is -0.137. The van der Waals surface area contributed by atoms with Gasteiger partial charge in [0, 0.05) is 12.1 Å². The van der Waals surface area contributed by atoms with E-state index in [9.17, 15) is 18.0 Å². The summed E-state index contributed by atoms with van der Waals surface area (Å²) in [6.07, 6.45) is -1.17. The predicted molar refractivity (Wildman–Crippen MR) is 83.1 cm³/mol. The first kappa shape index (κ1) is 15.6. The molecule has 1 aliphatic heterocycles. The second kappa shape index (κ2) is 6.07. The molecule has 0 bridgehead atoms. The molecule has 23 heavy (non-hydrogen) atoms. The summed E-state index contributed by atoms with van der Waals surface area (Å²) in [7, 11) is 0. The number of alkyl halides is 3. The topological polar surface area (TPSA) is 29.1 Å². The average molecular weight is 319 g/mol. The van der Waals surface area contributed by atoms with Crippen LogP contribution in [-0.2, 0) is 17.4 Å². The van der Waals surface area contributed by atoms with E-state index in [1.807, 2.05) is 18.2 Å². The van der Waals surface area contributed by atoms with Gasteiger partial charge in [0.25, 0.3) is 0 Å². The van der Waals surface area contributed by atoms with Crippen LogP contribution in [0.1, 0.15) is 30.4 Å². The Morgan fingerprint density at radius 2 is 1.52 bits per heavy atom. The van der Waals surface area contributed by atoms with E-state index in [2.05, 4.69) is 5.32 Å². The van der Waals surface area contributed by atoms with Crippen LogP contribution in [-0.4, -0.2) is 5.91 Å². The molecular formula is C18H16F3NO. The Morgan fingerprint density at radius 1 is 0.870 bits per heavy atom. The molecule has 2 nitrogen and oxygen atoms in total. The van der Waals surface area contributed by atoms with Crippen molar-refractivity contribution in [3.63, 3.8) is 0 Å². The highest BCUT2D eigenvalue weighted by Gasteiger charge is 2.30. The number of amides is 1. The molecule has 120 valence electrons. The van der Waals surface area contributed by atoms with Crippen LogP contribution in [0.3, 0.4) is 0 Å². The van der Waals surface area contributed by atoms with Crippen molar-refractivity contribution in [3.05, 3.63) is 53.6 Å². The fourth-order valence-electron chi connectivity index (χ4n) is 2.77. The third kappa shape index (κ3) is 3.55. The van der Waals surface area contributed by atoms with E-state index in [1.54, 1.807) is 0 Å². The van der Waals surface area contributed by atoms with Crippen molar-refractivity contribution in [1.29, 1.82) is 0 Å². The van der Waals surface area contributed by atoms with Crippen molar-refractivity contribution in [2.75, 3.05) is 5.32 Å². The van der Waals surface area contributed by atoms with E-state index in [4.69, 9.17) is 0 Å². The zero-order valence-corrected chi connectivity index (χ0v) is 12.4. The van der Waals surface area contributed by atoms with Gasteiger partial charge in [-0.15, -0.1) is 0 Å². The molecule has 0 unspecified atom stereocenters. The van der Waals surface area contributed by atoms with Crippen LogP contribution in [0.25, 0.3) is 11.1 Å². The van der Waals surface area contributed by atoms with Gasteiger partial charge in [-0.25, -0.2) is 0 Å². The van der Waals surface area contributed by atoms with Crippen molar-refractivity contribution in [2.24, 2.45) is 0 Å². The monoisotopic (exact) mass is 319 g/mol. The maximum absolute atomic E-state index is 12.6. The molecule has 0 spiro atoms. The predicted octanol–water partition coefficient (Wildman–Crippen LogP) is 5.04. The molecule has 1 N–H and O–H groups in total. The Balaban J connectivity index is 1.92. The highest BCUT2D eigenvalue weighted by Crippen LogP contribution is 2.32. The molecule has 1 amide bonds. The number of hydrogen-bond acceptors (Lipinski definition) is 1. The molecule has 0 radical (unpaired) electrons. The summed E-state index contributed by atoms with van der Waals surface area (Å²) in [6.45, 7) is 0. The standard InChI is InChI=1S/C18H16F3NO/c19-18(20,21)15-8-5-12(6-9-15)13-7-10-16-14(11-13)3-1-2-4-17(23)22-16/h5-11H,1-4H2,(H,22,23). The summed E-state index contributed by atoms with van der Waals surface area (Å²) >= 11 is 0. The van der Waals surface area contributed by atoms with Crippen molar-refractivity contribution >= 4 is 11.6 Å². The van der Waals surface area contributed by atoms with E-state index < -0.39 is 11.7 Å². The molecule has 3 rings (SSSR count). The molecule has 0 saturated heterocycles. The van der Waals surface area contributed by atoms with Gasteiger partial charge >= 0.3 is 6.18 Å². The third-order valence-electron chi connectivity index (χ3n) is 4.02. The molecule has 0 aliphatic carbocycles. The lowest BCUT2D eigenvalue weighted by Gasteiger charge is -2.16. The highest BCUT2D eigenvalue weighted by atomic mass is 19.4. The smallest absolute Gasteiger partial charge is 0.326 e. The van der Waals surface area contributed by atoms with Gasteiger partial charge in [-0.3, -0.25) is 4.79 Å². The van der Waals surface area contributed by atoms with Gasteiger partial charge in [0.2, 0.25) is 5.91 Å². The Hall–Kier alpha value is -2.30. The van der Waals surface area contributed by atoms with Crippen molar-refractivity contribution in [1.82, 2.24) is 0 Å². The van der Waals surface area contributed by atoms with Gasteiger partial charge in [-0.2, -0.15) is 13.2 Å². The minimum atomic E-state index is -4.32. The SMILES string of the molecule is O=C1CCCCc2cc(-c3ccc(C(F)(F)F)cc3)ccc2N1. The summed E-state index contributed by atoms with van der Waals surface area (Å²) < 4.78 is 37.9. The minimum Gasteiger partial charge on any atom is -0.326 e. The molecule has 2 aromatic carbocycles. The Labute approximate surface area is 132 Å². The minimum absolute atomic E-state index is 0.00762. The summed E-state index contributed by atoms with van der Waals surface area (Å²) in [6, 6.07) is 10.7. The van der Waals surface area contributed by atoms with E-state index in [0.717, 1.165) is 53.8 Å². The fraction of sp³-hybridized carbons (Fsp3) is 0.278. The first-order chi connectivity index (χ1) is 10.9. The highest BCUT2D eigenvalue weighted by molar-refractivity contribution is 5.92. The van der Waals surface area contributed by atoms with Gasteiger partial charge in [0.15, 0.2) is 0 Å². The number of rotatable bonds is 1. The number of halogens is 3. The molecule has 1 aliphatic rings. The van der Waals surface area contributed by atoms with Gasteiger partial charge in [0.1, 0.15) is 0 Å². The maximum Gasteiger partial charge on any atom is 0.416 e. The summed E-state index contributed by atoms with van der Waals surface area (Å²) in [5.74, 6) is 0.00762. The number of nitrogens with one attached hydrogen (secondary N) is 1. The summed E-state index contributed by atoms with van der Waals surface area (Å²) in [4.78, 5) is 11.7. The molecule has 5 heteroatoms. The van der Waals surface area contributed by atoms with E-state index in [-0.39, 0.29) is 5.91 Å². The largest absolute Gasteiger partial charge is 0.416 e. The summed E-state index contributed by atoms with van der Waals surface area (Å²) in [5, 5.41) is 2.88. The summed E-state index contributed by atoms with van der Waals surface area (Å²) in [5.41, 5.74) is 2.75. The maximum atomic E-state index is 12.6. The first-order valence-corrected chi connectivity index (χ1v) is 7.54. The molecule has 0 aromatic heterocycles. The number of anilines is 1. The zero-order valence-electron chi connectivity index (χ0n) is 12.4. The second-order valence-corrected chi connectivity index (χ2v) is 5.70. The molecular weight excluding hydrogens is 303 g/mol. The molecule has 0 fully saturated rings. The molecule has 1 heterocycles. The Bertz CT molecular complexity index is 720. The van der Waals surface area contributed by atoms with Crippen LogP contribution in [0.15, 0.2) is 42.5 Å². The van der Waals surface area contributed by atoms with E-state index in [1.165, 1.54) is 12.1 Å². The second-order valence-electron chi connectivity index (χ2n) is 5.70. The Kier molecular flexibility index (Phi) is 4.11.